The number of benzene rings is 1. The fourth-order valence-electron chi connectivity index (χ4n) is 4.06. The van der Waals surface area contributed by atoms with Crippen LogP contribution >= 0.6 is 0 Å². The first-order valence-electron chi connectivity index (χ1n) is 9.14. The molecule has 1 aliphatic rings. The summed E-state index contributed by atoms with van der Waals surface area (Å²) < 4.78 is 6.78. The fraction of sp³-hybridized carbons (Fsp3) is 0.700. The predicted molar refractivity (Wildman–Crippen MR) is 95.7 cm³/mol. The quantitative estimate of drug-likeness (QED) is 0.737. The largest absolute Gasteiger partial charge is 0.508 e. The number of para-hydroxylation sites is 1. The van der Waals surface area contributed by atoms with Crippen LogP contribution in [0.1, 0.15) is 65.4 Å². The van der Waals surface area contributed by atoms with E-state index in [1.165, 1.54) is 19.3 Å². The molecule has 0 unspecified atom stereocenters. The average Bonchev–Trinajstić information content (AvgIpc) is 2.51. The minimum Gasteiger partial charge on any atom is -0.508 e. The van der Waals surface area contributed by atoms with E-state index < -0.39 is 0 Å². The highest BCUT2D eigenvalue weighted by Gasteiger charge is 2.42. The first-order chi connectivity index (χ1) is 10.9. The summed E-state index contributed by atoms with van der Waals surface area (Å²) in [5.41, 5.74) is 0.511. The number of hydrogen-bond acceptors (Lipinski definition) is 3. The van der Waals surface area contributed by atoms with Gasteiger partial charge in [-0.25, -0.2) is 0 Å². The van der Waals surface area contributed by atoms with Crippen molar-refractivity contribution in [3.05, 3.63) is 29.8 Å². The second-order valence-corrected chi connectivity index (χ2v) is 7.35. The van der Waals surface area contributed by atoms with Gasteiger partial charge in [-0.15, -0.1) is 0 Å². The second-order valence-electron chi connectivity index (χ2n) is 7.35. The number of hydrogen-bond donors (Lipinski definition) is 1. The molecule has 0 heterocycles. The number of aromatic hydroxyl groups is 1. The molecule has 1 N–H and O–H groups in total. The number of rotatable bonds is 7. The maximum Gasteiger partial charge on any atom is 0.122 e. The van der Waals surface area contributed by atoms with E-state index in [1.54, 1.807) is 6.07 Å². The van der Waals surface area contributed by atoms with Crippen molar-refractivity contribution in [2.75, 3.05) is 13.1 Å². The van der Waals surface area contributed by atoms with Gasteiger partial charge in [-0.2, -0.15) is 0 Å². The molecule has 130 valence electrons. The minimum atomic E-state index is -0.307. The van der Waals surface area contributed by atoms with Gasteiger partial charge in [0.25, 0.3) is 0 Å². The summed E-state index contributed by atoms with van der Waals surface area (Å²) in [6.45, 7) is 10.8. The van der Waals surface area contributed by atoms with E-state index in [2.05, 4.69) is 32.6 Å². The van der Waals surface area contributed by atoms with Crippen LogP contribution in [0, 0.1) is 0 Å². The number of phenols is 1. The van der Waals surface area contributed by atoms with Gasteiger partial charge in [0.2, 0.25) is 0 Å². The van der Waals surface area contributed by atoms with Gasteiger partial charge in [-0.3, -0.25) is 4.90 Å². The Morgan fingerprint density at radius 3 is 2.26 bits per heavy atom. The van der Waals surface area contributed by atoms with E-state index in [-0.39, 0.29) is 11.3 Å². The van der Waals surface area contributed by atoms with Gasteiger partial charge in [-0.1, -0.05) is 38.5 Å². The van der Waals surface area contributed by atoms with Crippen LogP contribution in [-0.4, -0.2) is 34.4 Å². The summed E-state index contributed by atoms with van der Waals surface area (Å²) in [6.07, 6.45) is 6.74. The molecule has 1 aromatic rings. The summed E-state index contributed by atoms with van der Waals surface area (Å²) in [4.78, 5) is 2.48. The summed E-state index contributed by atoms with van der Waals surface area (Å²) in [7, 11) is 0. The van der Waals surface area contributed by atoms with Crippen LogP contribution in [0.15, 0.2) is 24.3 Å². The molecule has 0 atom stereocenters. The predicted octanol–water partition coefficient (Wildman–Crippen LogP) is 4.73. The SMILES string of the molecule is CCN(CC)C1(OC(C)(C)Cc2ccccc2O)CCCCC1. The monoisotopic (exact) mass is 319 g/mol. The van der Waals surface area contributed by atoms with Gasteiger partial charge < -0.3 is 9.84 Å². The van der Waals surface area contributed by atoms with Crippen molar-refractivity contribution >= 4 is 0 Å². The van der Waals surface area contributed by atoms with Crippen molar-refractivity contribution in [3.8, 4) is 5.75 Å². The normalized spacial score (nSPS) is 18.3. The van der Waals surface area contributed by atoms with Gasteiger partial charge in [-0.05, 0) is 64.3 Å². The van der Waals surface area contributed by atoms with E-state index in [9.17, 15) is 5.11 Å². The standard InChI is InChI=1S/C20H33NO2/c1-5-21(6-2)20(14-10-7-11-15-20)23-19(3,4)16-17-12-8-9-13-18(17)22/h8-9,12-13,22H,5-7,10-11,14-16H2,1-4H3. The zero-order valence-electron chi connectivity index (χ0n) is 15.3. The lowest BCUT2D eigenvalue weighted by Gasteiger charge is -2.49. The molecular formula is C20H33NO2. The van der Waals surface area contributed by atoms with Gasteiger partial charge >= 0.3 is 0 Å². The molecular weight excluding hydrogens is 286 g/mol. The number of ether oxygens (including phenoxy) is 1. The van der Waals surface area contributed by atoms with E-state index >= 15 is 0 Å². The summed E-state index contributed by atoms with van der Waals surface area (Å²) in [5, 5.41) is 10.1. The highest BCUT2D eigenvalue weighted by atomic mass is 16.5. The van der Waals surface area contributed by atoms with Crippen molar-refractivity contribution in [1.82, 2.24) is 4.90 Å². The highest BCUT2D eigenvalue weighted by Crippen LogP contribution is 2.39. The lowest BCUT2D eigenvalue weighted by Crippen LogP contribution is -2.56. The number of nitrogens with zero attached hydrogens (tertiary/aromatic N) is 1. The van der Waals surface area contributed by atoms with E-state index in [0.717, 1.165) is 37.9 Å². The van der Waals surface area contributed by atoms with Gasteiger partial charge in [0.05, 0.1) is 5.60 Å². The van der Waals surface area contributed by atoms with Crippen LogP contribution in [0.5, 0.6) is 5.75 Å². The highest BCUT2D eigenvalue weighted by molar-refractivity contribution is 5.32. The third-order valence-corrected chi connectivity index (χ3v) is 5.05. The molecule has 1 aliphatic carbocycles. The molecule has 23 heavy (non-hydrogen) atoms. The van der Waals surface area contributed by atoms with Crippen LogP contribution in [0.2, 0.25) is 0 Å². The van der Waals surface area contributed by atoms with Gasteiger partial charge in [0, 0.05) is 6.42 Å². The Kier molecular flexibility index (Phi) is 6.10. The number of phenolic OH excluding ortho intramolecular Hbond substituents is 1. The Balaban J connectivity index is 2.18. The van der Waals surface area contributed by atoms with Gasteiger partial charge in [0.15, 0.2) is 0 Å². The Morgan fingerprint density at radius 2 is 1.70 bits per heavy atom. The van der Waals surface area contributed by atoms with Crippen molar-refractivity contribution < 1.29 is 9.84 Å². The molecule has 0 spiro atoms. The minimum absolute atomic E-state index is 0.143. The van der Waals surface area contributed by atoms with Crippen molar-refractivity contribution in [2.45, 2.75) is 77.5 Å². The molecule has 1 fully saturated rings. The molecule has 1 saturated carbocycles. The smallest absolute Gasteiger partial charge is 0.122 e. The first-order valence-corrected chi connectivity index (χ1v) is 9.14. The molecule has 1 aromatic carbocycles. The van der Waals surface area contributed by atoms with E-state index in [1.807, 2.05) is 18.2 Å². The summed E-state index contributed by atoms with van der Waals surface area (Å²) in [5.74, 6) is 0.365. The zero-order valence-corrected chi connectivity index (χ0v) is 15.3. The summed E-state index contributed by atoms with van der Waals surface area (Å²) >= 11 is 0. The van der Waals surface area contributed by atoms with Gasteiger partial charge in [0.1, 0.15) is 11.5 Å². The van der Waals surface area contributed by atoms with Crippen molar-refractivity contribution in [2.24, 2.45) is 0 Å². The lowest BCUT2D eigenvalue weighted by atomic mass is 9.88. The maximum absolute atomic E-state index is 10.1. The van der Waals surface area contributed by atoms with E-state index in [0.29, 0.717) is 5.75 Å². The second kappa shape index (κ2) is 7.67. The first kappa shape index (κ1) is 18.3. The molecule has 0 radical (unpaired) electrons. The molecule has 0 bridgehead atoms. The van der Waals surface area contributed by atoms with Crippen LogP contribution in [0.4, 0.5) is 0 Å². The van der Waals surface area contributed by atoms with Crippen LogP contribution in [0.3, 0.4) is 0 Å². The third-order valence-electron chi connectivity index (χ3n) is 5.05. The molecule has 3 heteroatoms. The zero-order chi connectivity index (χ0) is 16.9. The molecule has 0 amide bonds. The Morgan fingerprint density at radius 1 is 1.09 bits per heavy atom. The van der Waals surface area contributed by atoms with Crippen molar-refractivity contribution in [1.29, 1.82) is 0 Å². The van der Waals surface area contributed by atoms with Crippen LogP contribution in [0.25, 0.3) is 0 Å². The Labute approximate surface area is 141 Å². The molecule has 3 nitrogen and oxygen atoms in total. The molecule has 2 rings (SSSR count). The van der Waals surface area contributed by atoms with E-state index in [4.69, 9.17) is 4.74 Å². The fourth-order valence-corrected chi connectivity index (χ4v) is 4.06. The summed E-state index contributed by atoms with van der Waals surface area (Å²) in [6, 6.07) is 7.59. The van der Waals surface area contributed by atoms with Crippen LogP contribution in [-0.2, 0) is 11.2 Å². The van der Waals surface area contributed by atoms with Crippen molar-refractivity contribution in [3.63, 3.8) is 0 Å². The third kappa shape index (κ3) is 4.48. The van der Waals surface area contributed by atoms with Crippen LogP contribution < -0.4 is 0 Å². The molecule has 0 aromatic heterocycles. The Hall–Kier alpha value is -1.06. The molecule has 0 aliphatic heterocycles. The molecule has 0 saturated heterocycles. The lowest BCUT2D eigenvalue weighted by molar-refractivity contribution is -0.230. The Bertz CT molecular complexity index is 488. The average molecular weight is 319 g/mol. The topological polar surface area (TPSA) is 32.7 Å². The maximum atomic E-state index is 10.1.